The molecule has 1 aromatic rings. The van der Waals surface area contributed by atoms with Gasteiger partial charge in [0.25, 0.3) is 5.91 Å². The van der Waals surface area contributed by atoms with Crippen LogP contribution in [0.3, 0.4) is 0 Å². The Balaban J connectivity index is 1.34. The number of amides is 1. The summed E-state index contributed by atoms with van der Waals surface area (Å²) in [5, 5.41) is 0. The van der Waals surface area contributed by atoms with Crippen molar-refractivity contribution in [2.75, 3.05) is 19.3 Å². The molecular formula is C20H28N2O4S. The average Bonchev–Trinajstić information content (AvgIpc) is 2.92. The third-order valence-corrected chi connectivity index (χ3v) is 7.50. The fraction of sp³-hybridized carbons (Fsp3) is 0.650. The van der Waals surface area contributed by atoms with Gasteiger partial charge in [-0.3, -0.25) is 4.79 Å². The lowest BCUT2D eigenvalue weighted by atomic mass is 9.97. The summed E-state index contributed by atoms with van der Waals surface area (Å²) in [6.07, 6.45) is 6.97. The van der Waals surface area contributed by atoms with E-state index in [9.17, 15) is 13.2 Å². The van der Waals surface area contributed by atoms with Gasteiger partial charge >= 0.3 is 0 Å². The highest BCUT2D eigenvalue weighted by Gasteiger charge is 2.44. The molecule has 3 atom stereocenters. The Morgan fingerprint density at radius 3 is 2.11 bits per heavy atom. The van der Waals surface area contributed by atoms with Crippen molar-refractivity contribution in [3.63, 3.8) is 0 Å². The van der Waals surface area contributed by atoms with Crippen molar-refractivity contribution in [3.8, 4) is 0 Å². The first-order valence-electron chi connectivity index (χ1n) is 9.90. The first-order chi connectivity index (χ1) is 12.9. The lowest BCUT2D eigenvalue weighted by Gasteiger charge is -2.41. The minimum atomic E-state index is -3.10. The maximum absolute atomic E-state index is 12.9. The fourth-order valence-electron chi connectivity index (χ4n) is 4.87. The maximum atomic E-state index is 12.9. The van der Waals surface area contributed by atoms with Crippen molar-refractivity contribution in [2.45, 2.75) is 62.8 Å². The maximum Gasteiger partial charge on any atom is 0.254 e. The lowest BCUT2D eigenvalue weighted by Crippen LogP contribution is -2.50. The molecule has 0 aliphatic carbocycles. The predicted octanol–water partition coefficient (Wildman–Crippen LogP) is 2.26. The van der Waals surface area contributed by atoms with E-state index in [0.29, 0.717) is 13.1 Å². The number of carbonyl (C=O) groups is 1. The van der Waals surface area contributed by atoms with Crippen molar-refractivity contribution >= 4 is 15.9 Å². The number of benzene rings is 1. The molecule has 1 unspecified atom stereocenters. The molecule has 3 aliphatic rings. The summed E-state index contributed by atoms with van der Waals surface area (Å²) in [6, 6.07) is 10.1. The molecule has 4 rings (SSSR count). The van der Waals surface area contributed by atoms with E-state index in [0.717, 1.165) is 44.1 Å². The van der Waals surface area contributed by atoms with Crippen LogP contribution in [-0.2, 0) is 14.8 Å². The van der Waals surface area contributed by atoms with Crippen molar-refractivity contribution in [1.82, 2.24) is 9.21 Å². The number of hydrogen-bond donors (Lipinski definition) is 0. The summed E-state index contributed by atoms with van der Waals surface area (Å²) in [7, 11) is -3.10. The zero-order chi connectivity index (χ0) is 19.0. The zero-order valence-electron chi connectivity index (χ0n) is 15.8. The van der Waals surface area contributed by atoms with E-state index in [1.807, 2.05) is 30.3 Å². The molecule has 0 saturated carbocycles. The Bertz CT molecular complexity index is 760. The first kappa shape index (κ1) is 18.9. The second-order valence-corrected chi connectivity index (χ2v) is 10.0. The zero-order valence-corrected chi connectivity index (χ0v) is 16.6. The van der Waals surface area contributed by atoms with Gasteiger partial charge in [-0.15, -0.1) is 0 Å². The Hall–Kier alpha value is -1.44. The number of ether oxygens (including phenoxy) is 1. The van der Waals surface area contributed by atoms with Crippen LogP contribution in [0.1, 0.15) is 48.9 Å². The predicted molar refractivity (Wildman–Crippen MR) is 103 cm³/mol. The van der Waals surface area contributed by atoms with E-state index < -0.39 is 10.0 Å². The van der Waals surface area contributed by atoms with Gasteiger partial charge in [-0.1, -0.05) is 18.2 Å². The molecule has 1 aromatic carbocycles. The molecule has 27 heavy (non-hydrogen) atoms. The van der Waals surface area contributed by atoms with Gasteiger partial charge in [0.1, 0.15) is 0 Å². The Kier molecular flexibility index (Phi) is 5.27. The summed E-state index contributed by atoms with van der Waals surface area (Å²) >= 11 is 0. The molecule has 7 heteroatoms. The highest BCUT2D eigenvalue weighted by molar-refractivity contribution is 7.88. The van der Waals surface area contributed by atoms with Gasteiger partial charge in [0, 0.05) is 30.7 Å². The van der Waals surface area contributed by atoms with Gasteiger partial charge in [-0.2, -0.15) is 0 Å². The summed E-state index contributed by atoms with van der Waals surface area (Å²) < 4.78 is 31.2. The van der Waals surface area contributed by atoms with Crippen molar-refractivity contribution < 1.29 is 17.9 Å². The van der Waals surface area contributed by atoms with Crippen molar-refractivity contribution in [2.24, 2.45) is 0 Å². The number of carbonyl (C=O) groups excluding carboxylic acids is 1. The second kappa shape index (κ2) is 7.53. The van der Waals surface area contributed by atoms with Crippen LogP contribution in [0.25, 0.3) is 0 Å². The quantitative estimate of drug-likeness (QED) is 0.788. The number of fused-ring (bicyclic) bond motifs is 2. The van der Waals surface area contributed by atoms with Gasteiger partial charge < -0.3 is 9.64 Å². The number of rotatable bonds is 4. The van der Waals surface area contributed by atoms with Crippen LogP contribution < -0.4 is 0 Å². The number of hydrogen-bond acceptors (Lipinski definition) is 4. The largest absolute Gasteiger partial charge is 0.375 e. The average molecular weight is 393 g/mol. The van der Waals surface area contributed by atoms with E-state index in [1.54, 1.807) is 0 Å². The minimum absolute atomic E-state index is 0.128. The van der Waals surface area contributed by atoms with E-state index in [1.165, 1.54) is 10.6 Å². The van der Waals surface area contributed by atoms with Crippen LogP contribution in [0, 0.1) is 0 Å². The molecule has 6 nitrogen and oxygen atoms in total. The molecule has 3 aliphatic heterocycles. The molecular weight excluding hydrogens is 364 g/mol. The van der Waals surface area contributed by atoms with Crippen LogP contribution in [-0.4, -0.2) is 67.2 Å². The number of nitrogens with zero attached hydrogens (tertiary/aromatic N) is 2. The third kappa shape index (κ3) is 4.05. The van der Waals surface area contributed by atoms with Crippen LogP contribution in [0.2, 0.25) is 0 Å². The molecule has 3 heterocycles. The molecule has 3 fully saturated rings. The molecule has 1 amide bonds. The van der Waals surface area contributed by atoms with Crippen LogP contribution in [0.15, 0.2) is 30.3 Å². The molecule has 148 valence electrons. The molecule has 0 N–H and O–H groups in total. The van der Waals surface area contributed by atoms with Crippen LogP contribution >= 0.6 is 0 Å². The van der Waals surface area contributed by atoms with Gasteiger partial charge in [0.2, 0.25) is 10.0 Å². The van der Waals surface area contributed by atoms with Crippen LogP contribution in [0.4, 0.5) is 0 Å². The Labute approximate surface area is 161 Å². The van der Waals surface area contributed by atoms with Gasteiger partial charge in [-0.25, -0.2) is 12.7 Å². The van der Waals surface area contributed by atoms with E-state index in [-0.39, 0.29) is 30.2 Å². The van der Waals surface area contributed by atoms with Crippen molar-refractivity contribution in [1.29, 1.82) is 0 Å². The summed E-state index contributed by atoms with van der Waals surface area (Å²) in [4.78, 5) is 15.0. The minimum Gasteiger partial charge on any atom is -0.375 e. The monoisotopic (exact) mass is 392 g/mol. The van der Waals surface area contributed by atoms with E-state index >= 15 is 0 Å². The van der Waals surface area contributed by atoms with E-state index in [2.05, 4.69) is 4.90 Å². The van der Waals surface area contributed by atoms with Gasteiger partial charge in [0.15, 0.2) is 0 Å². The van der Waals surface area contributed by atoms with Crippen LogP contribution in [0.5, 0.6) is 0 Å². The molecule has 3 saturated heterocycles. The topological polar surface area (TPSA) is 66.9 Å². The normalized spacial score (nSPS) is 29.8. The molecule has 0 radical (unpaired) electrons. The van der Waals surface area contributed by atoms with E-state index in [4.69, 9.17) is 4.74 Å². The highest BCUT2D eigenvalue weighted by Crippen LogP contribution is 2.38. The number of sulfonamides is 1. The van der Waals surface area contributed by atoms with Gasteiger partial charge in [-0.05, 0) is 50.7 Å². The summed E-state index contributed by atoms with van der Waals surface area (Å²) in [5.74, 6) is 0.142. The highest BCUT2D eigenvalue weighted by atomic mass is 32.2. The third-order valence-electron chi connectivity index (χ3n) is 6.20. The second-order valence-electron chi connectivity index (χ2n) is 8.05. The summed E-state index contributed by atoms with van der Waals surface area (Å²) in [6.45, 7) is 1.09. The molecule has 0 spiro atoms. The fourth-order valence-corrected chi connectivity index (χ4v) is 5.75. The SMILES string of the molecule is CS(=O)(=O)N1CCC(OC2C[C@H]3CC[C@@H](C2)N3C(=O)c2ccccc2)CC1. The smallest absolute Gasteiger partial charge is 0.254 e. The number of piperidine rings is 2. The standard InChI is InChI=1S/C20H28N2O4S/c1-27(24,25)21-11-9-18(10-12-21)26-19-13-16-7-8-17(14-19)22(16)20(23)15-5-3-2-4-6-15/h2-6,16-19H,7-14H2,1H3/t16-,17+,19?. The lowest BCUT2D eigenvalue weighted by molar-refractivity contribution is -0.0689. The van der Waals surface area contributed by atoms with Crippen molar-refractivity contribution in [3.05, 3.63) is 35.9 Å². The Morgan fingerprint density at radius 2 is 1.56 bits per heavy atom. The molecule has 2 bridgehead atoms. The Morgan fingerprint density at radius 1 is 0.963 bits per heavy atom. The molecule has 0 aromatic heterocycles. The first-order valence-corrected chi connectivity index (χ1v) is 11.7. The van der Waals surface area contributed by atoms with Gasteiger partial charge in [0.05, 0.1) is 18.5 Å². The summed E-state index contributed by atoms with van der Waals surface area (Å²) in [5.41, 5.74) is 0.766.